The molecule has 6 nitrogen and oxygen atoms in total. The zero-order valence-corrected chi connectivity index (χ0v) is 19.5. The van der Waals surface area contributed by atoms with E-state index in [0.717, 1.165) is 6.21 Å². The van der Waals surface area contributed by atoms with Crippen molar-refractivity contribution in [2.75, 3.05) is 6.61 Å². The first kappa shape index (κ1) is 25.3. The Balaban J connectivity index is 1.65. The fraction of sp³-hybridized carbons (Fsp3) is 0.154. The van der Waals surface area contributed by atoms with E-state index in [9.17, 15) is 14.3 Å². The molecule has 4 aromatic rings. The number of nitrogens with zero attached hydrogens (tertiary/aromatic N) is 3. The molecule has 2 N–H and O–H groups in total. The molecule has 36 heavy (non-hydrogen) atoms. The first-order chi connectivity index (χ1) is 17.3. The SMILES string of the molecule is O=C(N=CC(CCO)C(F)(F)c1ccccn1)c1cccc(Cl)c1-c1cc(-c2ccc(F)cc2)n[nH]1. The van der Waals surface area contributed by atoms with E-state index in [1.807, 2.05) is 0 Å². The second kappa shape index (κ2) is 10.8. The Kier molecular flexibility index (Phi) is 7.61. The molecule has 0 saturated heterocycles. The van der Waals surface area contributed by atoms with Crippen molar-refractivity contribution in [1.29, 1.82) is 0 Å². The van der Waals surface area contributed by atoms with Gasteiger partial charge in [0.05, 0.1) is 27.9 Å². The van der Waals surface area contributed by atoms with Crippen LogP contribution in [-0.4, -0.2) is 39.0 Å². The van der Waals surface area contributed by atoms with Gasteiger partial charge in [-0.15, -0.1) is 0 Å². The number of amides is 1. The second-order valence-corrected chi connectivity index (χ2v) is 8.28. The van der Waals surface area contributed by atoms with Crippen molar-refractivity contribution in [3.05, 3.63) is 95.0 Å². The summed E-state index contributed by atoms with van der Waals surface area (Å²) in [6.45, 7) is -0.532. The maximum atomic E-state index is 15.0. The molecular weight excluding hydrogens is 493 g/mol. The highest BCUT2D eigenvalue weighted by atomic mass is 35.5. The zero-order chi connectivity index (χ0) is 25.7. The quantitative estimate of drug-likeness (QED) is 0.286. The molecule has 1 amide bonds. The number of aliphatic hydroxyl groups excluding tert-OH is 1. The molecule has 184 valence electrons. The minimum atomic E-state index is -3.46. The van der Waals surface area contributed by atoms with Crippen molar-refractivity contribution in [3.63, 3.8) is 0 Å². The van der Waals surface area contributed by atoms with Crippen LogP contribution >= 0.6 is 11.6 Å². The average Bonchev–Trinajstić information content (AvgIpc) is 3.37. The highest BCUT2D eigenvalue weighted by Crippen LogP contribution is 2.36. The topological polar surface area (TPSA) is 91.2 Å². The predicted molar refractivity (Wildman–Crippen MR) is 131 cm³/mol. The number of nitrogens with one attached hydrogen (secondary N) is 1. The molecule has 2 aromatic heterocycles. The number of hydrogen-bond donors (Lipinski definition) is 2. The van der Waals surface area contributed by atoms with Gasteiger partial charge in [0.1, 0.15) is 11.5 Å². The average molecular weight is 513 g/mol. The summed E-state index contributed by atoms with van der Waals surface area (Å²) in [6.07, 6.45) is 1.75. The van der Waals surface area contributed by atoms with Crippen LogP contribution in [0.3, 0.4) is 0 Å². The third-order valence-corrected chi connectivity index (χ3v) is 5.83. The van der Waals surface area contributed by atoms with E-state index in [2.05, 4.69) is 20.2 Å². The van der Waals surface area contributed by atoms with Gasteiger partial charge in [-0.2, -0.15) is 13.9 Å². The van der Waals surface area contributed by atoms with Gasteiger partial charge in [-0.05, 0) is 61.0 Å². The van der Waals surface area contributed by atoms with Gasteiger partial charge < -0.3 is 5.11 Å². The van der Waals surface area contributed by atoms with Gasteiger partial charge in [-0.25, -0.2) is 9.38 Å². The van der Waals surface area contributed by atoms with E-state index in [4.69, 9.17) is 11.6 Å². The lowest BCUT2D eigenvalue weighted by molar-refractivity contribution is -0.0485. The van der Waals surface area contributed by atoms with Gasteiger partial charge in [-0.1, -0.05) is 23.7 Å². The summed E-state index contributed by atoms with van der Waals surface area (Å²) in [4.78, 5) is 20.5. The number of alkyl halides is 2. The van der Waals surface area contributed by atoms with E-state index < -0.39 is 30.0 Å². The third kappa shape index (κ3) is 5.37. The molecule has 0 bridgehead atoms. The number of pyridine rings is 1. The van der Waals surface area contributed by atoms with Gasteiger partial charge in [0, 0.05) is 30.1 Å². The monoisotopic (exact) mass is 512 g/mol. The Hall–Kier alpha value is -3.82. The summed E-state index contributed by atoms with van der Waals surface area (Å²) in [5.74, 6) is -6.22. The smallest absolute Gasteiger partial charge is 0.297 e. The van der Waals surface area contributed by atoms with Crippen LogP contribution in [0.25, 0.3) is 22.5 Å². The highest BCUT2D eigenvalue weighted by molar-refractivity contribution is 6.34. The number of hydrogen-bond acceptors (Lipinski definition) is 4. The van der Waals surface area contributed by atoms with E-state index in [0.29, 0.717) is 17.0 Å². The van der Waals surface area contributed by atoms with Gasteiger partial charge in [0.25, 0.3) is 11.8 Å². The molecule has 2 heterocycles. The van der Waals surface area contributed by atoms with Gasteiger partial charge in [-0.3, -0.25) is 14.9 Å². The van der Waals surface area contributed by atoms with Crippen LogP contribution in [0, 0.1) is 11.7 Å². The first-order valence-electron chi connectivity index (χ1n) is 10.9. The minimum Gasteiger partial charge on any atom is -0.396 e. The van der Waals surface area contributed by atoms with Crippen LogP contribution in [0.2, 0.25) is 5.02 Å². The van der Waals surface area contributed by atoms with Gasteiger partial charge in [0.2, 0.25) is 0 Å². The lowest BCUT2D eigenvalue weighted by Crippen LogP contribution is -2.29. The number of benzene rings is 2. The molecule has 0 spiro atoms. The van der Waals surface area contributed by atoms with E-state index in [1.54, 1.807) is 30.3 Å². The number of halogens is 4. The standard InChI is InChI=1S/C26H20ClF3N4O2/c27-20-5-3-4-19(24(20)22-14-21(33-34-22)16-7-9-18(28)10-8-16)25(36)32-15-17(11-13-35)26(29,30)23-6-1-2-12-31-23/h1-10,12,14-15,17,35H,11,13H2,(H,33,34). The van der Waals surface area contributed by atoms with Crippen molar-refractivity contribution in [3.8, 4) is 22.5 Å². The maximum Gasteiger partial charge on any atom is 0.297 e. The lowest BCUT2D eigenvalue weighted by atomic mass is 9.96. The molecule has 4 rings (SSSR count). The summed E-state index contributed by atoms with van der Waals surface area (Å²) >= 11 is 6.39. The fourth-order valence-electron chi connectivity index (χ4n) is 3.66. The van der Waals surface area contributed by atoms with Crippen LogP contribution in [0.4, 0.5) is 13.2 Å². The molecule has 2 aromatic carbocycles. The molecule has 1 atom stereocenters. The molecule has 0 saturated carbocycles. The number of aliphatic imine (C=N–C) groups is 1. The largest absolute Gasteiger partial charge is 0.396 e. The van der Waals surface area contributed by atoms with Crippen LogP contribution in [0.15, 0.2) is 77.9 Å². The van der Waals surface area contributed by atoms with E-state index in [1.165, 1.54) is 42.6 Å². The molecule has 0 fully saturated rings. The normalized spacial score (nSPS) is 12.7. The van der Waals surface area contributed by atoms with Gasteiger partial charge >= 0.3 is 0 Å². The summed E-state index contributed by atoms with van der Waals surface area (Å²) < 4.78 is 43.3. The highest BCUT2D eigenvalue weighted by Gasteiger charge is 2.41. The molecule has 10 heteroatoms. The Bertz CT molecular complexity index is 1380. The second-order valence-electron chi connectivity index (χ2n) is 7.88. The van der Waals surface area contributed by atoms with Crippen LogP contribution in [-0.2, 0) is 5.92 Å². The van der Waals surface area contributed by atoms with Crippen molar-refractivity contribution in [2.24, 2.45) is 10.9 Å². The number of aromatic nitrogens is 3. The van der Waals surface area contributed by atoms with E-state index in [-0.39, 0.29) is 28.4 Å². The molecule has 0 aliphatic carbocycles. The van der Waals surface area contributed by atoms with Crippen molar-refractivity contribution in [2.45, 2.75) is 12.3 Å². The number of rotatable bonds is 8. The van der Waals surface area contributed by atoms with Crippen molar-refractivity contribution >= 4 is 23.7 Å². The number of aliphatic hydroxyl groups is 1. The number of H-pyrrole nitrogens is 1. The zero-order valence-electron chi connectivity index (χ0n) is 18.7. The summed E-state index contributed by atoms with van der Waals surface area (Å²) in [5.41, 5.74) is 1.39. The Labute approximate surface area is 209 Å². The Morgan fingerprint density at radius 1 is 1.14 bits per heavy atom. The van der Waals surface area contributed by atoms with Crippen LogP contribution < -0.4 is 0 Å². The molecule has 0 radical (unpaired) electrons. The molecule has 0 aliphatic heterocycles. The van der Waals surface area contributed by atoms with Crippen molar-refractivity contribution in [1.82, 2.24) is 15.2 Å². The van der Waals surface area contributed by atoms with E-state index >= 15 is 8.78 Å². The molecular formula is C26H20ClF3N4O2. The Morgan fingerprint density at radius 3 is 2.61 bits per heavy atom. The number of aromatic amines is 1. The molecule has 1 unspecified atom stereocenters. The molecule has 0 aliphatic rings. The summed E-state index contributed by atoms with van der Waals surface area (Å²) in [7, 11) is 0. The minimum absolute atomic E-state index is 0.0666. The van der Waals surface area contributed by atoms with Crippen LogP contribution in [0.1, 0.15) is 22.5 Å². The third-order valence-electron chi connectivity index (χ3n) is 5.52. The lowest BCUT2D eigenvalue weighted by Gasteiger charge is -2.22. The van der Waals surface area contributed by atoms with Crippen molar-refractivity contribution < 1.29 is 23.1 Å². The summed E-state index contributed by atoms with van der Waals surface area (Å²) in [6, 6.07) is 16.0. The van der Waals surface area contributed by atoms with Gasteiger partial charge in [0.15, 0.2) is 0 Å². The summed E-state index contributed by atoms with van der Waals surface area (Å²) in [5, 5.41) is 16.6. The fourth-order valence-corrected chi connectivity index (χ4v) is 3.94. The first-order valence-corrected chi connectivity index (χ1v) is 11.3. The number of carbonyl (C=O) groups excluding carboxylic acids is 1. The predicted octanol–water partition coefficient (Wildman–Crippen LogP) is 5.93. The Morgan fingerprint density at radius 2 is 1.92 bits per heavy atom. The van der Waals surface area contributed by atoms with Crippen LogP contribution in [0.5, 0.6) is 0 Å². The maximum absolute atomic E-state index is 15.0. The number of carbonyl (C=O) groups is 1.